The van der Waals surface area contributed by atoms with Crippen LogP contribution in [0.3, 0.4) is 0 Å². The number of carbonyl (C=O) groups is 1. The van der Waals surface area contributed by atoms with E-state index in [1.807, 2.05) is 30.3 Å². The molecule has 0 saturated carbocycles. The van der Waals surface area contributed by atoms with Crippen molar-refractivity contribution < 1.29 is 22.7 Å². The minimum Gasteiger partial charge on any atom is -0.497 e. The van der Waals surface area contributed by atoms with E-state index >= 15 is 0 Å². The van der Waals surface area contributed by atoms with Crippen LogP contribution in [0.2, 0.25) is 0 Å². The summed E-state index contributed by atoms with van der Waals surface area (Å²) in [7, 11) is 1.11. The first-order chi connectivity index (χ1) is 15.3. The molecule has 3 aromatic rings. The number of amides is 1. The van der Waals surface area contributed by atoms with Crippen LogP contribution in [0.25, 0.3) is 0 Å². The van der Waals surface area contributed by atoms with Crippen molar-refractivity contribution in [2.24, 2.45) is 0 Å². The van der Waals surface area contributed by atoms with E-state index in [9.17, 15) is 13.2 Å². The average Bonchev–Trinajstić information content (AvgIpc) is 2.83. The van der Waals surface area contributed by atoms with Gasteiger partial charge in [0.15, 0.2) is 6.61 Å². The van der Waals surface area contributed by atoms with Crippen LogP contribution in [0.15, 0.2) is 83.8 Å². The van der Waals surface area contributed by atoms with E-state index in [1.165, 1.54) is 21.3 Å². The Hall–Kier alpha value is -3.36. The number of hydrogen-bond donors (Lipinski definition) is 0. The molecule has 0 radical (unpaired) electrons. The first-order valence-electron chi connectivity index (χ1n) is 9.95. The largest absolute Gasteiger partial charge is 0.497 e. The lowest BCUT2D eigenvalue weighted by Gasteiger charge is -2.19. The van der Waals surface area contributed by atoms with Crippen molar-refractivity contribution in [3.63, 3.8) is 0 Å². The standard InChI is InChI=1S/C24H26N2O5S/c1-25(17-19-8-5-4-6-9-19)32(28,29)23-14-12-21(13-15-23)31-18-24(27)26(2)20-10-7-11-22(16-20)30-3/h4-16H,17-18H2,1-3H3. The number of ether oxygens (including phenoxy) is 2. The van der Waals surface area contributed by atoms with Crippen molar-refractivity contribution in [3.05, 3.63) is 84.4 Å². The molecular formula is C24H26N2O5S. The quantitative estimate of drug-likeness (QED) is 0.494. The van der Waals surface area contributed by atoms with Gasteiger partial charge in [0, 0.05) is 32.4 Å². The van der Waals surface area contributed by atoms with E-state index in [-0.39, 0.29) is 24.0 Å². The van der Waals surface area contributed by atoms with Gasteiger partial charge in [0.05, 0.1) is 12.0 Å². The predicted molar refractivity (Wildman–Crippen MR) is 123 cm³/mol. The zero-order chi connectivity index (χ0) is 23.1. The van der Waals surface area contributed by atoms with E-state index in [0.717, 1.165) is 5.56 Å². The third-order valence-electron chi connectivity index (χ3n) is 4.96. The maximum atomic E-state index is 12.8. The molecule has 7 nitrogen and oxygen atoms in total. The van der Waals surface area contributed by atoms with Gasteiger partial charge in [-0.2, -0.15) is 4.31 Å². The Morgan fingerprint density at radius 2 is 1.56 bits per heavy atom. The first-order valence-corrected chi connectivity index (χ1v) is 11.4. The van der Waals surface area contributed by atoms with Crippen LogP contribution >= 0.6 is 0 Å². The van der Waals surface area contributed by atoms with Crippen molar-refractivity contribution >= 4 is 21.6 Å². The normalized spacial score (nSPS) is 11.2. The maximum absolute atomic E-state index is 12.8. The molecule has 0 fully saturated rings. The lowest BCUT2D eigenvalue weighted by molar-refractivity contribution is -0.120. The van der Waals surface area contributed by atoms with Gasteiger partial charge in [0.25, 0.3) is 5.91 Å². The molecule has 0 bridgehead atoms. The molecule has 1 amide bonds. The molecule has 0 aliphatic heterocycles. The first kappa shape index (κ1) is 23.3. The summed E-state index contributed by atoms with van der Waals surface area (Å²) in [5.41, 5.74) is 1.58. The number of likely N-dealkylation sites (N-methyl/N-ethyl adjacent to an activating group) is 1. The fourth-order valence-corrected chi connectivity index (χ4v) is 4.18. The minimum atomic E-state index is -3.65. The summed E-state index contributed by atoms with van der Waals surface area (Å²) in [5.74, 6) is 0.802. The van der Waals surface area contributed by atoms with Crippen molar-refractivity contribution in [1.82, 2.24) is 4.31 Å². The molecule has 0 heterocycles. The summed E-state index contributed by atoms with van der Waals surface area (Å²) in [4.78, 5) is 14.1. The van der Waals surface area contributed by atoms with Gasteiger partial charge in [-0.05, 0) is 42.0 Å². The topological polar surface area (TPSA) is 76.1 Å². The number of sulfonamides is 1. The Morgan fingerprint density at radius 3 is 2.22 bits per heavy atom. The number of nitrogens with zero attached hydrogens (tertiary/aromatic N) is 2. The molecule has 0 aliphatic rings. The summed E-state index contributed by atoms with van der Waals surface area (Å²) in [5, 5.41) is 0. The minimum absolute atomic E-state index is 0.156. The number of anilines is 1. The Balaban J connectivity index is 1.60. The predicted octanol–water partition coefficient (Wildman–Crippen LogP) is 3.56. The molecule has 0 N–H and O–H groups in total. The van der Waals surface area contributed by atoms with Crippen LogP contribution in [-0.4, -0.2) is 46.4 Å². The smallest absolute Gasteiger partial charge is 0.264 e. The highest BCUT2D eigenvalue weighted by Gasteiger charge is 2.21. The summed E-state index contributed by atoms with van der Waals surface area (Å²) >= 11 is 0. The highest BCUT2D eigenvalue weighted by molar-refractivity contribution is 7.89. The molecule has 0 spiro atoms. The SMILES string of the molecule is COc1cccc(N(C)C(=O)COc2ccc(S(=O)(=O)N(C)Cc3ccccc3)cc2)c1. The van der Waals surface area contributed by atoms with Crippen molar-refractivity contribution in [2.75, 3.05) is 32.7 Å². The maximum Gasteiger partial charge on any atom is 0.264 e. The number of methoxy groups -OCH3 is 1. The molecule has 0 aromatic heterocycles. The van der Waals surface area contributed by atoms with Gasteiger partial charge in [-0.3, -0.25) is 4.79 Å². The third kappa shape index (κ3) is 5.66. The van der Waals surface area contributed by atoms with Gasteiger partial charge in [-0.1, -0.05) is 36.4 Å². The molecule has 0 atom stereocenters. The van der Waals surface area contributed by atoms with Gasteiger partial charge in [0.2, 0.25) is 10.0 Å². The lowest BCUT2D eigenvalue weighted by atomic mass is 10.2. The van der Waals surface area contributed by atoms with Crippen molar-refractivity contribution in [3.8, 4) is 11.5 Å². The van der Waals surface area contributed by atoms with E-state index in [0.29, 0.717) is 17.2 Å². The van der Waals surface area contributed by atoms with Crippen LogP contribution in [0.4, 0.5) is 5.69 Å². The molecular weight excluding hydrogens is 428 g/mol. The average molecular weight is 455 g/mol. The second-order valence-electron chi connectivity index (χ2n) is 7.16. The number of hydrogen-bond acceptors (Lipinski definition) is 5. The highest BCUT2D eigenvalue weighted by Crippen LogP contribution is 2.22. The second-order valence-corrected chi connectivity index (χ2v) is 9.21. The molecule has 168 valence electrons. The Labute approximate surface area is 188 Å². The van der Waals surface area contributed by atoms with Crippen LogP contribution in [0.5, 0.6) is 11.5 Å². The summed E-state index contributed by atoms with van der Waals surface area (Å²) < 4.78 is 37.7. The van der Waals surface area contributed by atoms with E-state index in [1.54, 1.807) is 57.6 Å². The third-order valence-corrected chi connectivity index (χ3v) is 6.77. The fraction of sp³-hybridized carbons (Fsp3) is 0.208. The zero-order valence-electron chi connectivity index (χ0n) is 18.3. The fourth-order valence-electron chi connectivity index (χ4n) is 3.02. The van der Waals surface area contributed by atoms with Gasteiger partial charge >= 0.3 is 0 Å². The molecule has 3 aromatic carbocycles. The monoisotopic (exact) mass is 454 g/mol. The number of rotatable bonds is 9. The molecule has 0 unspecified atom stereocenters. The van der Waals surface area contributed by atoms with Crippen LogP contribution in [0, 0.1) is 0 Å². The van der Waals surface area contributed by atoms with Crippen LogP contribution in [-0.2, 0) is 21.4 Å². The van der Waals surface area contributed by atoms with E-state index in [4.69, 9.17) is 9.47 Å². The Morgan fingerprint density at radius 1 is 0.875 bits per heavy atom. The zero-order valence-corrected chi connectivity index (χ0v) is 19.1. The molecule has 3 rings (SSSR count). The van der Waals surface area contributed by atoms with E-state index in [2.05, 4.69) is 0 Å². The van der Waals surface area contributed by atoms with E-state index < -0.39 is 10.0 Å². The van der Waals surface area contributed by atoms with Gasteiger partial charge in [-0.15, -0.1) is 0 Å². The molecule has 0 saturated heterocycles. The van der Waals surface area contributed by atoms with Crippen molar-refractivity contribution in [1.29, 1.82) is 0 Å². The van der Waals surface area contributed by atoms with Crippen LogP contribution < -0.4 is 14.4 Å². The van der Waals surface area contributed by atoms with Gasteiger partial charge in [-0.25, -0.2) is 8.42 Å². The Bertz CT molecular complexity index is 1150. The summed E-state index contributed by atoms with van der Waals surface area (Å²) in [6, 6.07) is 22.6. The van der Waals surface area contributed by atoms with Crippen molar-refractivity contribution in [2.45, 2.75) is 11.4 Å². The molecule has 0 aliphatic carbocycles. The summed E-state index contributed by atoms with van der Waals surface area (Å²) in [6.45, 7) is 0.0836. The number of benzene rings is 3. The molecule has 8 heteroatoms. The lowest BCUT2D eigenvalue weighted by Crippen LogP contribution is -2.31. The molecule has 32 heavy (non-hydrogen) atoms. The highest BCUT2D eigenvalue weighted by atomic mass is 32.2. The Kier molecular flexibility index (Phi) is 7.50. The number of carbonyl (C=O) groups excluding carboxylic acids is 1. The summed E-state index contributed by atoms with van der Waals surface area (Å²) in [6.07, 6.45) is 0. The van der Waals surface area contributed by atoms with Crippen LogP contribution in [0.1, 0.15) is 5.56 Å². The van der Waals surface area contributed by atoms with Gasteiger partial charge < -0.3 is 14.4 Å². The second kappa shape index (κ2) is 10.3. The van der Waals surface area contributed by atoms with Gasteiger partial charge in [0.1, 0.15) is 11.5 Å².